The fraction of sp³-hybridized carbons (Fsp3) is 0.310. The quantitative estimate of drug-likeness (QED) is 0.261. The molecular formula is C29H33Br2N3O5S. The van der Waals surface area contributed by atoms with Crippen molar-refractivity contribution in [2.75, 3.05) is 17.5 Å². The monoisotopic (exact) mass is 693 g/mol. The van der Waals surface area contributed by atoms with Crippen LogP contribution in [0.5, 0.6) is 5.75 Å². The van der Waals surface area contributed by atoms with Gasteiger partial charge in [-0.05, 0) is 93.9 Å². The van der Waals surface area contributed by atoms with Crippen LogP contribution < -0.4 is 14.4 Å². The Kier molecular flexibility index (Phi) is 11.2. The van der Waals surface area contributed by atoms with E-state index < -0.39 is 28.5 Å². The first-order chi connectivity index (χ1) is 18.9. The molecule has 3 aromatic carbocycles. The van der Waals surface area contributed by atoms with Gasteiger partial charge in [-0.2, -0.15) is 0 Å². The van der Waals surface area contributed by atoms with E-state index in [9.17, 15) is 18.0 Å². The van der Waals surface area contributed by atoms with E-state index in [1.807, 2.05) is 45.0 Å². The third-order valence-electron chi connectivity index (χ3n) is 5.96. The summed E-state index contributed by atoms with van der Waals surface area (Å²) in [5, 5.41) is 2.85. The van der Waals surface area contributed by atoms with Crippen molar-refractivity contribution in [2.24, 2.45) is 0 Å². The number of halogens is 2. The lowest BCUT2D eigenvalue weighted by Gasteiger charge is -2.32. The van der Waals surface area contributed by atoms with Crippen LogP contribution in [0.2, 0.25) is 0 Å². The van der Waals surface area contributed by atoms with E-state index in [-0.39, 0.29) is 23.4 Å². The van der Waals surface area contributed by atoms with Gasteiger partial charge in [-0.3, -0.25) is 13.9 Å². The predicted octanol–water partition coefficient (Wildman–Crippen LogP) is 5.75. The highest BCUT2D eigenvalue weighted by Crippen LogP contribution is 2.27. The number of nitrogens with zero attached hydrogens (tertiary/aromatic N) is 2. The van der Waals surface area contributed by atoms with Gasteiger partial charge < -0.3 is 15.0 Å². The number of benzene rings is 3. The minimum Gasteiger partial charge on any atom is -0.494 e. The molecule has 11 heteroatoms. The normalized spacial score (nSPS) is 12.1. The van der Waals surface area contributed by atoms with Gasteiger partial charge in [0, 0.05) is 21.5 Å². The van der Waals surface area contributed by atoms with Crippen LogP contribution in [0.25, 0.3) is 0 Å². The molecule has 1 atom stereocenters. The topological polar surface area (TPSA) is 96.0 Å². The molecule has 1 N–H and O–H groups in total. The molecule has 40 heavy (non-hydrogen) atoms. The lowest BCUT2D eigenvalue weighted by atomic mass is 10.1. The zero-order valence-corrected chi connectivity index (χ0v) is 26.8. The number of carbonyl (C=O) groups excluding carboxylic acids is 2. The fourth-order valence-electron chi connectivity index (χ4n) is 3.96. The summed E-state index contributed by atoms with van der Waals surface area (Å²) in [5.41, 5.74) is 1.08. The third kappa shape index (κ3) is 8.31. The van der Waals surface area contributed by atoms with Crippen molar-refractivity contribution >= 4 is 59.4 Å². The van der Waals surface area contributed by atoms with Gasteiger partial charge in [0.15, 0.2) is 0 Å². The van der Waals surface area contributed by atoms with Gasteiger partial charge in [-0.25, -0.2) is 8.42 Å². The lowest BCUT2D eigenvalue weighted by molar-refractivity contribution is -0.139. The number of nitrogens with one attached hydrogen (secondary N) is 1. The standard InChI is InChI=1S/C29H33Br2N3O5S/c1-5-39-26-13-11-25(12-14-26)34(40(37,38)27-15-9-23(30)10-16-27)19-28(35)33(21(4)29(36)32-20(2)3)18-22-7-6-8-24(31)17-22/h6-17,20-21H,5,18-19H2,1-4H3,(H,32,36). The third-order valence-corrected chi connectivity index (χ3v) is 8.77. The van der Waals surface area contributed by atoms with E-state index in [0.717, 1.165) is 18.8 Å². The number of hydrogen-bond acceptors (Lipinski definition) is 5. The van der Waals surface area contributed by atoms with Crippen LogP contribution in [-0.4, -0.2) is 50.4 Å². The molecule has 1 unspecified atom stereocenters. The van der Waals surface area contributed by atoms with E-state index in [2.05, 4.69) is 37.2 Å². The lowest BCUT2D eigenvalue weighted by Crippen LogP contribution is -2.52. The molecule has 8 nitrogen and oxygen atoms in total. The van der Waals surface area contributed by atoms with Crippen LogP contribution >= 0.6 is 31.9 Å². The Hall–Kier alpha value is -2.89. The maximum Gasteiger partial charge on any atom is 0.264 e. The summed E-state index contributed by atoms with van der Waals surface area (Å²) in [6.45, 7) is 7.22. The van der Waals surface area contributed by atoms with Crippen molar-refractivity contribution in [3.05, 3.63) is 87.3 Å². The molecule has 3 aromatic rings. The first-order valence-electron chi connectivity index (χ1n) is 12.8. The van der Waals surface area contributed by atoms with Gasteiger partial charge in [-0.15, -0.1) is 0 Å². The summed E-state index contributed by atoms with van der Waals surface area (Å²) in [6, 6.07) is 19.1. The second-order valence-corrected chi connectivity index (χ2v) is 13.1. The van der Waals surface area contributed by atoms with E-state index in [1.54, 1.807) is 43.3 Å². The maximum atomic E-state index is 13.9. The highest BCUT2D eigenvalue weighted by molar-refractivity contribution is 9.10. The summed E-state index contributed by atoms with van der Waals surface area (Å²) < 4.78 is 35.9. The Morgan fingerprint density at radius 1 is 0.925 bits per heavy atom. The van der Waals surface area contributed by atoms with Crippen molar-refractivity contribution in [1.82, 2.24) is 10.2 Å². The summed E-state index contributed by atoms with van der Waals surface area (Å²) in [4.78, 5) is 28.4. The number of carbonyl (C=O) groups is 2. The number of rotatable bonds is 12. The van der Waals surface area contributed by atoms with E-state index in [4.69, 9.17) is 4.74 Å². The van der Waals surface area contributed by atoms with E-state index in [1.165, 1.54) is 17.0 Å². The Bertz CT molecular complexity index is 1410. The molecule has 0 aliphatic rings. The molecule has 3 rings (SSSR count). The number of sulfonamides is 1. The zero-order chi connectivity index (χ0) is 29.4. The molecule has 0 aliphatic heterocycles. The molecule has 2 amide bonds. The molecule has 0 aromatic heterocycles. The highest BCUT2D eigenvalue weighted by Gasteiger charge is 2.32. The Balaban J connectivity index is 2.03. The molecule has 214 valence electrons. The van der Waals surface area contributed by atoms with Gasteiger partial charge >= 0.3 is 0 Å². The maximum absolute atomic E-state index is 13.9. The Labute approximate surface area is 253 Å². The molecule has 0 saturated heterocycles. The van der Waals surface area contributed by atoms with Crippen LogP contribution in [0, 0.1) is 0 Å². The van der Waals surface area contributed by atoms with Gasteiger partial charge in [0.1, 0.15) is 18.3 Å². The summed E-state index contributed by atoms with van der Waals surface area (Å²) >= 11 is 6.78. The average molecular weight is 695 g/mol. The summed E-state index contributed by atoms with van der Waals surface area (Å²) in [6.07, 6.45) is 0. The molecular weight excluding hydrogens is 662 g/mol. The van der Waals surface area contributed by atoms with Crippen molar-refractivity contribution in [1.29, 1.82) is 0 Å². The van der Waals surface area contributed by atoms with Gasteiger partial charge in [0.25, 0.3) is 10.0 Å². The molecule has 0 bridgehead atoms. The van der Waals surface area contributed by atoms with Crippen molar-refractivity contribution in [3.63, 3.8) is 0 Å². The number of ether oxygens (including phenoxy) is 1. The minimum atomic E-state index is -4.15. The van der Waals surface area contributed by atoms with Crippen LogP contribution in [0.15, 0.2) is 86.6 Å². The van der Waals surface area contributed by atoms with Crippen molar-refractivity contribution < 1.29 is 22.7 Å². The zero-order valence-electron chi connectivity index (χ0n) is 22.8. The van der Waals surface area contributed by atoms with Crippen LogP contribution in [0.4, 0.5) is 5.69 Å². The van der Waals surface area contributed by atoms with Gasteiger partial charge in [0.05, 0.1) is 17.2 Å². The first kappa shape index (κ1) is 31.6. The largest absolute Gasteiger partial charge is 0.494 e. The van der Waals surface area contributed by atoms with Gasteiger partial charge in [0.2, 0.25) is 11.8 Å². The minimum absolute atomic E-state index is 0.0292. The van der Waals surface area contributed by atoms with Crippen molar-refractivity contribution in [3.8, 4) is 5.75 Å². The number of amides is 2. The smallest absolute Gasteiger partial charge is 0.264 e. The number of hydrogen-bond donors (Lipinski definition) is 1. The van der Waals surface area contributed by atoms with Crippen molar-refractivity contribution in [2.45, 2.75) is 51.2 Å². The number of anilines is 1. The van der Waals surface area contributed by atoms with Crippen LogP contribution in [-0.2, 0) is 26.2 Å². The molecule has 0 fully saturated rings. The summed E-state index contributed by atoms with van der Waals surface area (Å²) in [5.74, 6) is -0.281. The SMILES string of the molecule is CCOc1ccc(N(CC(=O)N(Cc2cccc(Br)c2)C(C)C(=O)NC(C)C)S(=O)(=O)c2ccc(Br)cc2)cc1. The summed E-state index contributed by atoms with van der Waals surface area (Å²) in [7, 11) is -4.15. The second-order valence-electron chi connectivity index (χ2n) is 9.38. The van der Waals surface area contributed by atoms with Gasteiger partial charge in [-0.1, -0.05) is 44.0 Å². The van der Waals surface area contributed by atoms with Crippen LogP contribution in [0.1, 0.15) is 33.3 Å². The Morgan fingerprint density at radius 3 is 2.15 bits per heavy atom. The first-order valence-corrected chi connectivity index (χ1v) is 15.8. The Morgan fingerprint density at radius 2 is 1.57 bits per heavy atom. The molecule has 0 heterocycles. The molecule has 0 saturated carbocycles. The fourth-order valence-corrected chi connectivity index (χ4v) is 6.08. The van der Waals surface area contributed by atoms with Crippen LogP contribution in [0.3, 0.4) is 0 Å². The molecule has 0 aliphatic carbocycles. The highest BCUT2D eigenvalue weighted by atomic mass is 79.9. The predicted molar refractivity (Wildman–Crippen MR) is 164 cm³/mol. The molecule has 0 radical (unpaired) electrons. The average Bonchev–Trinajstić information content (AvgIpc) is 2.90. The molecule has 0 spiro atoms. The second kappa shape index (κ2) is 14.1. The van der Waals surface area contributed by atoms with E-state index in [0.29, 0.717) is 18.0 Å². The van der Waals surface area contributed by atoms with E-state index >= 15 is 0 Å².